The van der Waals surface area contributed by atoms with Crippen LogP contribution in [0.3, 0.4) is 0 Å². The average Bonchev–Trinajstić information content (AvgIpc) is 3.31. The van der Waals surface area contributed by atoms with Crippen molar-refractivity contribution in [3.05, 3.63) is 51.6 Å². The summed E-state index contributed by atoms with van der Waals surface area (Å²) in [7, 11) is 0. The molecule has 4 heterocycles. The van der Waals surface area contributed by atoms with Crippen molar-refractivity contribution in [3.8, 4) is 5.82 Å². The Morgan fingerprint density at radius 1 is 1.17 bits per heavy atom. The van der Waals surface area contributed by atoms with Crippen molar-refractivity contribution < 1.29 is 9.59 Å². The molecule has 1 aliphatic rings. The Bertz CT molecular complexity index is 1040. The fourth-order valence-electron chi connectivity index (χ4n) is 3.25. The van der Waals surface area contributed by atoms with Gasteiger partial charge in [-0.3, -0.25) is 14.2 Å². The topological polar surface area (TPSA) is 81.0 Å². The fourth-order valence-corrected chi connectivity index (χ4v) is 5.17. The SMILES string of the molecule is O=C(CSc1nnc(CN2CCCCCC2=O)n1-c1ccccn1)c1ccc(Cl)s1. The van der Waals surface area contributed by atoms with Crippen LogP contribution in [0.15, 0.2) is 41.7 Å². The average molecular weight is 462 g/mol. The minimum atomic E-state index is -0.0169. The molecular weight excluding hydrogens is 442 g/mol. The lowest BCUT2D eigenvalue weighted by Crippen LogP contribution is -2.31. The van der Waals surface area contributed by atoms with Crippen molar-refractivity contribution in [2.24, 2.45) is 0 Å². The Kier molecular flexibility index (Phi) is 6.81. The Labute approximate surface area is 187 Å². The van der Waals surface area contributed by atoms with Gasteiger partial charge < -0.3 is 4.90 Å². The zero-order valence-electron chi connectivity index (χ0n) is 16.2. The highest BCUT2D eigenvalue weighted by Gasteiger charge is 2.23. The number of thiophene rings is 1. The lowest BCUT2D eigenvalue weighted by molar-refractivity contribution is -0.131. The van der Waals surface area contributed by atoms with Crippen molar-refractivity contribution >= 4 is 46.4 Å². The highest BCUT2D eigenvalue weighted by molar-refractivity contribution is 7.99. The maximum Gasteiger partial charge on any atom is 0.222 e. The summed E-state index contributed by atoms with van der Waals surface area (Å²) in [5.41, 5.74) is 0. The highest BCUT2D eigenvalue weighted by Crippen LogP contribution is 2.26. The number of likely N-dealkylation sites (tertiary alicyclic amines) is 1. The first-order chi connectivity index (χ1) is 14.6. The van der Waals surface area contributed by atoms with Crippen LogP contribution >= 0.6 is 34.7 Å². The number of ketones is 1. The second kappa shape index (κ2) is 9.72. The van der Waals surface area contributed by atoms with Crippen molar-refractivity contribution in [2.75, 3.05) is 12.3 Å². The predicted molar refractivity (Wildman–Crippen MR) is 117 cm³/mol. The van der Waals surface area contributed by atoms with Crippen LogP contribution < -0.4 is 0 Å². The van der Waals surface area contributed by atoms with E-state index >= 15 is 0 Å². The van der Waals surface area contributed by atoms with Crippen LogP contribution in [-0.2, 0) is 11.3 Å². The van der Waals surface area contributed by atoms with E-state index < -0.39 is 0 Å². The molecule has 4 rings (SSSR count). The van der Waals surface area contributed by atoms with Crippen LogP contribution in [0.5, 0.6) is 0 Å². The lowest BCUT2D eigenvalue weighted by atomic mass is 10.2. The monoisotopic (exact) mass is 461 g/mol. The molecule has 0 saturated carbocycles. The zero-order chi connectivity index (χ0) is 20.9. The molecule has 0 N–H and O–H groups in total. The summed E-state index contributed by atoms with van der Waals surface area (Å²) in [4.78, 5) is 31.8. The van der Waals surface area contributed by atoms with Gasteiger partial charge in [-0.1, -0.05) is 35.9 Å². The van der Waals surface area contributed by atoms with E-state index in [9.17, 15) is 9.59 Å². The molecule has 0 aliphatic carbocycles. The quantitative estimate of drug-likeness (QED) is 0.386. The number of hydrogen-bond donors (Lipinski definition) is 0. The van der Waals surface area contributed by atoms with E-state index in [4.69, 9.17) is 11.6 Å². The molecule has 7 nitrogen and oxygen atoms in total. The smallest absolute Gasteiger partial charge is 0.222 e. The number of thioether (sulfide) groups is 1. The molecule has 1 amide bonds. The third-order valence-corrected chi connectivity index (χ3v) is 6.96. The highest BCUT2D eigenvalue weighted by atomic mass is 35.5. The minimum absolute atomic E-state index is 0.0169. The standard InChI is InChI=1S/C20H20ClN5O2S2/c21-16-9-8-15(30-16)14(27)13-29-20-24-23-18(26(20)17-6-3-4-10-22-17)12-25-11-5-1-2-7-19(25)28/h3-4,6,8-10H,1-2,5,7,11-13H2. The number of Topliss-reactive ketones (excluding diaryl/α,β-unsaturated/α-hetero) is 1. The number of halogens is 1. The van der Waals surface area contributed by atoms with Gasteiger partial charge in [0.25, 0.3) is 0 Å². The molecule has 0 spiro atoms. The summed E-state index contributed by atoms with van der Waals surface area (Å²) in [5, 5.41) is 9.21. The van der Waals surface area contributed by atoms with Crippen LogP contribution in [0.2, 0.25) is 4.34 Å². The van der Waals surface area contributed by atoms with E-state index in [2.05, 4.69) is 15.2 Å². The fraction of sp³-hybridized carbons (Fsp3) is 0.350. The molecule has 0 aromatic carbocycles. The van der Waals surface area contributed by atoms with E-state index in [0.29, 0.717) is 45.5 Å². The molecule has 156 valence electrons. The Balaban J connectivity index is 1.57. The number of nitrogens with zero attached hydrogens (tertiary/aromatic N) is 5. The summed E-state index contributed by atoms with van der Waals surface area (Å²) >= 11 is 8.51. The van der Waals surface area contributed by atoms with Gasteiger partial charge in [0, 0.05) is 19.2 Å². The summed E-state index contributed by atoms with van der Waals surface area (Å²) in [6.45, 7) is 1.09. The zero-order valence-corrected chi connectivity index (χ0v) is 18.5. The number of amides is 1. The normalized spacial score (nSPS) is 14.7. The first kappa shape index (κ1) is 21.0. The van der Waals surface area contributed by atoms with E-state index in [0.717, 1.165) is 19.3 Å². The van der Waals surface area contributed by atoms with Gasteiger partial charge in [0.15, 0.2) is 16.8 Å². The number of carbonyl (C=O) groups is 2. The first-order valence-corrected chi connectivity index (χ1v) is 11.8. The van der Waals surface area contributed by atoms with Crippen LogP contribution in [0.1, 0.15) is 41.2 Å². The van der Waals surface area contributed by atoms with E-state index in [1.807, 2.05) is 27.7 Å². The molecule has 0 atom stereocenters. The van der Waals surface area contributed by atoms with Gasteiger partial charge in [0.05, 0.1) is 21.5 Å². The van der Waals surface area contributed by atoms with Crippen LogP contribution in [-0.4, -0.2) is 48.6 Å². The van der Waals surface area contributed by atoms with Gasteiger partial charge in [-0.05, 0) is 37.1 Å². The summed E-state index contributed by atoms with van der Waals surface area (Å²) in [6.07, 6.45) is 5.24. The minimum Gasteiger partial charge on any atom is -0.335 e. The summed E-state index contributed by atoms with van der Waals surface area (Å²) in [5.74, 6) is 1.63. The summed E-state index contributed by atoms with van der Waals surface area (Å²) < 4.78 is 2.42. The summed E-state index contributed by atoms with van der Waals surface area (Å²) in [6, 6.07) is 9.04. The van der Waals surface area contributed by atoms with Crippen molar-refractivity contribution in [1.82, 2.24) is 24.6 Å². The number of hydrogen-bond acceptors (Lipinski definition) is 7. The van der Waals surface area contributed by atoms with Gasteiger partial charge in [0.1, 0.15) is 5.82 Å². The van der Waals surface area contributed by atoms with Gasteiger partial charge in [-0.2, -0.15) is 0 Å². The van der Waals surface area contributed by atoms with Crippen molar-refractivity contribution in [1.29, 1.82) is 0 Å². The van der Waals surface area contributed by atoms with E-state index in [1.165, 1.54) is 23.1 Å². The number of carbonyl (C=O) groups excluding carboxylic acids is 2. The molecule has 1 fully saturated rings. The molecule has 0 unspecified atom stereocenters. The number of pyridine rings is 1. The van der Waals surface area contributed by atoms with E-state index in [1.54, 1.807) is 18.3 Å². The molecule has 0 radical (unpaired) electrons. The molecule has 1 saturated heterocycles. The Morgan fingerprint density at radius 3 is 2.83 bits per heavy atom. The van der Waals surface area contributed by atoms with Crippen molar-refractivity contribution in [3.63, 3.8) is 0 Å². The van der Waals surface area contributed by atoms with Crippen LogP contribution in [0.25, 0.3) is 5.82 Å². The predicted octanol–water partition coefficient (Wildman–Crippen LogP) is 4.25. The largest absolute Gasteiger partial charge is 0.335 e. The lowest BCUT2D eigenvalue weighted by Gasteiger charge is -2.20. The van der Waals surface area contributed by atoms with Crippen LogP contribution in [0.4, 0.5) is 0 Å². The first-order valence-electron chi connectivity index (χ1n) is 9.66. The van der Waals surface area contributed by atoms with Crippen molar-refractivity contribution in [2.45, 2.75) is 37.4 Å². The van der Waals surface area contributed by atoms with Crippen LogP contribution in [0, 0.1) is 0 Å². The van der Waals surface area contributed by atoms with Gasteiger partial charge in [0.2, 0.25) is 5.91 Å². The molecule has 1 aliphatic heterocycles. The van der Waals surface area contributed by atoms with Gasteiger partial charge in [-0.15, -0.1) is 21.5 Å². The third-order valence-electron chi connectivity index (χ3n) is 4.76. The van der Waals surface area contributed by atoms with Gasteiger partial charge in [-0.25, -0.2) is 4.98 Å². The molecule has 3 aromatic rings. The maximum absolute atomic E-state index is 12.5. The molecule has 3 aromatic heterocycles. The Morgan fingerprint density at radius 2 is 2.07 bits per heavy atom. The number of rotatable bonds is 7. The Hall–Kier alpha value is -2.23. The van der Waals surface area contributed by atoms with Gasteiger partial charge >= 0.3 is 0 Å². The molecular formula is C20H20ClN5O2S2. The molecule has 0 bridgehead atoms. The second-order valence-electron chi connectivity index (χ2n) is 6.86. The third kappa shape index (κ3) is 4.91. The maximum atomic E-state index is 12.5. The molecule has 10 heteroatoms. The second-order valence-corrected chi connectivity index (χ2v) is 9.52. The van der Waals surface area contributed by atoms with E-state index in [-0.39, 0.29) is 17.4 Å². The molecule has 30 heavy (non-hydrogen) atoms. The number of aromatic nitrogens is 4.